The van der Waals surface area contributed by atoms with E-state index in [4.69, 9.17) is 10.5 Å². The second-order valence-electron chi connectivity index (χ2n) is 5.25. The first-order valence-corrected chi connectivity index (χ1v) is 6.59. The Balaban J connectivity index is 2.01. The average Bonchev–Trinajstić information content (AvgIpc) is 2.65. The molecule has 0 spiro atoms. The van der Waals surface area contributed by atoms with Crippen molar-refractivity contribution < 1.29 is 9.53 Å². The van der Waals surface area contributed by atoms with Crippen LogP contribution in [0.5, 0.6) is 0 Å². The molecule has 3 aliphatic rings. The minimum Gasteiger partial charge on any atom is -0.488 e. The number of allylic oxidation sites excluding steroid dienone is 6. The van der Waals surface area contributed by atoms with Gasteiger partial charge in [0.2, 0.25) is 0 Å². The normalized spacial score (nSPS) is 26.3. The first kappa shape index (κ1) is 12.0. The lowest BCUT2D eigenvalue weighted by Crippen LogP contribution is -2.13. The highest BCUT2D eigenvalue weighted by atomic mass is 16.5. The molecule has 19 heavy (non-hydrogen) atoms. The van der Waals surface area contributed by atoms with Gasteiger partial charge in [-0.25, -0.2) is 0 Å². The quantitative estimate of drug-likeness (QED) is 0.723. The fourth-order valence-electron chi connectivity index (χ4n) is 2.61. The Hall–Kier alpha value is -2.03. The molecule has 2 N–H and O–H groups in total. The van der Waals surface area contributed by atoms with Crippen molar-refractivity contribution in [1.29, 1.82) is 0 Å². The predicted octanol–water partition coefficient (Wildman–Crippen LogP) is 2.53. The van der Waals surface area contributed by atoms with Gasteiger partial charge in [-0.05, 0) is 30.1 Å². The van der Waals surface area contributed by atoms with E-state index < -0.39 is 0 Å². The Kier molecular flexibility index (Phi) is 2.90. The van der Waals surface area contributed by atoms with Crippen LogP contribution >= 0.6 is 0 Å². The van der Waals surface area contributed by atoms with Gasteiger partial charge in [0.25, 0.3) is 0 Å². The van der Waals surface area contributed by atoms with Crippen LogP contribution in [0.3, 0.4) is 0 Å². The van der Waals surface area contributed by atoms with E-state index in [0.717, 1.165) is 23.1 Å². The standard InChI is InChI=1S/C16H17NO2/c1-10-2-3-11-9-19-15-7-5-12(17)4-6-13(15)16(18)14(11)8-10/h2-5,7,10H,6,8-9,17H2,1H3. The van der Waals surface area contributed by atoms with Crippen molar-refractivity contribution in [3.63, 3.8) is 0 Å². The van der Waals surface area contributed by atoms with E-state index >= 15 is 0 Å². The van der Waals surface area contributed by atoms with Gasteiger partial charge in [-0.1, -0.05) is 25.2 Å². The summed E-state index contributed by atoms with van der Waals surface area (Å²) in [5.41, 5.74) is 9.11. The van der Waals surface area contributed by atoms with E-state index in [-0.39, 0.29) is 5.78 Å². The topological polar surface area (TPSA) is 52.3 Å². The number of rotatable bonds is 0. The number of ketones is 1. The van der Waals surface area contributed by atoms with Crippen molar-refractivity contribution in [3.05, 3.63) is 58.6 Å². The molecule has 3 nitrogen and oxygen atoms in total. The SMILES string of the molecule is CC1C=CC2=C(C1)C(=O)C1=C(C=CC(N)=CC1)OC2. The molecule has 1 unspecified atom stereocenters. The highest BCUT2D eigenvalue weighted by Gasteiger charge is 2.27. The summed E-state index contributed by atoms with van der Waals surface area (Å²) in [6.07, 6.45) is 11.0. The third-order valence-corrected chi connectivity index (χ3v) is 3.74. The Morgan fingerprint density at radius 3 is 2.95 bits per heavy atom. The van der Waals surface area contributed by atoms with Gasteiger partial charge in [-0.15, -0.1) is 0 Å². The van der Waals surface area contributed by atoms with Gasteiger partial charge >= 0.3 is 0 Å². The smallest absolute Gasteiger partial charge is 0.189 e. The molecule has 0 amide bonds. The van der Waals surface area contributed by atoms with E-state index in [2.05, 4.69) is 13.0 Å². The Morgan fingerprint density at radius 2 is 2.11 bits per heavy atom. The summed E-state index contributed by atoms with van der Waals surface area (Å²) in [7, 11) is 0. The van der Waals surface area contributed by atoms with Gasteiger partial charge in [0, 0.05) is 23.3 Å². The summed E-state index contributed by atoms with van der Waals surface area (Å²) in [5.74, 6) is 1.19. The number of hydrogen-bond donors (Lipinski definition) is 1. The van der Waals surface area contributed by atoms with E-state index in [0.29, 0.717) is 30.4 Å². The van der Waals surface area contributed by atoms with E-state index in [1.165, 1.54) is 0 Å². The number of hydrogen-bond acceptors (Lipinski definition) is 3. The average molecular weight is 255 g/mol. The van der Waals surface area contributed by atoms with Gasteiger partial charge in [-0.2, -0.15) is 0 Å². The minimum absolute atomic E-state index is 0.120. The number of ether oxygens (including phenoxy) is 1. The summed E-state index contributed by atoms with van der Waals surface area (Å²) in [6, 6.07) is 0. The molecular weight excluding hydrogens is 238 g/mol. The van der Waals surface area contributed by atoms with E-state index in [1.807, 2.05) is 12.2 Å². The third-order valence-electron chi connectivity index (χ3n) is 3.74. The number of Topliss-reactive ketones (excluding diaryl/α,β-unsaturated/α-hetero) is 1. The van der Waals surface area contributed by atoms with Crippen LogP contribution in [-0.2, 0) is 9.53 Å². The van der Waals surface area contributed by atoms with Crippen LogP contribution in [0.15, 0.2) is 58.6 Å². The predicted molar refractivity (Wildman–Crippen MR) is 74.0 cm³/mol. The van der Waals surface area contributed by atoms with Gasteiger partial charge in [0.05, 0.1) is 0 Å². The summed E-state index contributed by atoms with van der Waals surface area (Å²) in [6.45, 7) is 2.59. The molecule has 0 aromatic rings. The molecule has 0 saturated carbocycles. The van der Waals surface area contributed by atoms with E-state index in [1.54, 1.807) is 12.2 Å². The van der Waals surface area contributed by atoms with Crippen molar-refractivity contribution >= 4 is 5.78 Å². The number of carbonyl (C=O) groups is 1. The molecule has 0 radical (unpaired) electrons. The molecule has 0 saturated heterocycles. The highest BCUT2D eigenvalue weighted by molar-refractivity contribution is 6.10. The van der Waals surface area contributed by atoms with Gasteiger partial charge in [0.1, 0.15) is 12.4 Å². The second-order valence-corrected chi connectivity index (χ2v) is 5.25. The fraction of sp³-hybridized carbons (Fsp3) is 0.312. The monoisotopic (exact) mass is 255 g/mol. The first-order chi connectivity index (χ1) is 9.15. The summed E-state index contributed by atoms with van der Waals surface area (Å²) in [5, 5.41) is 0. The van der Waals surface area contributed by atoms with Crippen LogP contribution in [0.25, 0.3) is 0 Å². The maximum absolute atomic E-state index is 12.7. The van der Waals surface area contributed by atoms with Gasteiger partial charge < -0.3 is 10.5 Å². The highest BCUT2D eigenvalue weighted by Crippen LogP contribution is 2.32. The fourth-order valence-corrected chi connectivity index (χ4v) is 2.61. The molecule has 3 rings (SSSR count). The van der Waals surface area contributed by atoms with Gasteiger partial charge in [0.15, 0.2) is 5.78 Å². The summed E-state index contributed by atoms with van der Waals surface area (Å²) < 4.78 is 5.78. The second kappa shape index (κ2) is 4.57. The van der Waals surface area contributed by atoms with Crippen molar-refractivity contribution in [2.24, 2.45) is 11.7 Å². The molecule has 0 fully saturated rings. The number of carbonyl (C=O) groups excluding carboxylic acids is 1. The maximum Gasteiger partial charge on any atom is 0.189 e. The molecule has 1 aliphatic heterocycles. The lowest BCUT2D eigenvalue weighted by Gasteiger charge is -2.17. The van der Waals surface area contributed by atoms with E-state index in [9.17, 15) is 4.79 Å². The summed E-state index contributed by atoms with van der Waals surface area (Å²) >= 11 is 0. The van der Waals surface area contributed by atoms with Crippen LogP contribution in [-0.4, -0.2) is 12.4 Å². The molecule has 3 heteroatoms. The Morgan fingerprint density at radius 1 is 1.26 bits per heavy atom. The zero-order chi connectivity index (χ0) is 13.4. The van der Waals surface area contributed by atoms with Crippen LogP contribution in [0.4, 0.5) is 0 Å². The maximum atomic E-state index is 12.7. The van der Waals surface area contributed by atoms with Crippen molar-refractivity contribution in [1.82, 2.24) is 0 Å². The first-order valence-electron chi connectivity index (χ1n) is 6.59. The largest absolute Gasteiger partial charge is 0.488 e. The van der Waals surface area contributed by atoms with Gasteiger partial charge in [-0.3, -0.25) is 4.79 Å². The molecule has 1 atom stereocenters. The third kappa shape index (κ3) is 2.16. The van der Waals surface area contributed by atoms with Crippen molar-refractivity contribution in [2.45, 2.75) is 19.8 Å². The zero-order valence-corrected chi connectivity index (χ0v) is 11.0. The Labute approximate surface area is 112 Å². The summed E-state index contributed by atoms with van der Waals surface area (Å²) in [4.78, 5) is 12.7. The zero-order valence-electron chi connectivity index (χ0n) is 11.0. The lowest BCUT2D eigenvalue weighted by molar-refractivity contribution is -0.112. The molecular formula is C16H17NO2. The molecule has 0 aromatic heterocycles. The van der Waals surface area contributed by atoms with Crippen LogP contribution in [0.2, 0.25) is 0 Å². The van der Waals surface area contributed by atoms with Crippen LogP contribution < -0.4 is 5.73 Å². The lowest BCUT2D eigenvalue weighted by atomic mass is 9.86. The molecule has 0 aromatic carbocycles. The number of nitrogens with two attached hydrogens (primary N) is 1. The molecule has 0 bridgehead atoms. The molecule has 1 heterocycles. The van der Waals surface area contributed by atoms with Crippen LogP contribution in [0, 0.1) is 5.92 Å². The minimum atomic E-state index is 0.120. The van der Waals surface area contributed by atoms with Crippen molar-refractivity contribution in [3.8, 4) is 0 Å². The Bertz CT molecular complexity index is 588. The molecule has 98 valence electrons. The van der Waals surface area contributed by atoms with Crippen molar-refractivity contribution in [2.75, 3.05) is 6.61 Å². The van der Waals surface area contributed by atoms with Crippen LogP contribution in [0.1, 0.15) is 19.8 Å². The molecule has 2 aliphatic carbocycles.